The molecule has 3 aromatic rings. The Labute approximate surface area is 149 Å². The first-order valence-corrected chi connectivity index (χ1v) is 9.75. The van der Waals surface area contributed by atoms with E-state index in [1.165, 1.54) is 6.07 Å². The summed E-state index contributed by atoms with van der Waals surface area (Å²) in [5, 5.41) is 4.46. The highest BCUT2D eigenvalue weighted by Gasteiger charge is 2.19. The minimum absolute atomic E-state index is 0.194. The van der Waals surface area contributed by atoms with Crippen molar-refractivity contribution in [3.8, 4) is 0 Å². The van der Waals surface area contributed by atoms with E-state index in [1.54, 1.807) is 60.2 Å². The lowest BCUT2D eigenvalue weighted by atomic mass is 10.1. The molecule has 2 aromatic heterocycles. The fourth-order valence-corrected chi connectivity index (χ4v) is 4.23. The van der Waals surface area contributed by atoms with E-state index >= 15 is 0 Å². The summed E-state index contributed by atoms with van der Waals surface area (Å²) >= 11 is 1.11. The van der Waals surface area contributed by atoms with Crippen LogP contribution in [0.4, 0.5) is 5.69 Å². The number of rotatable bonds is 6. The largest absolute Gasteiger partial charge is 0.348 e. The number of pyridine rings is 1. The van der Waals surface area contributed by atoms with E-state index in [9.17, 15) is 13.2 Å². The number of nitrogens with zero attached hydrogens (tertiary/aromatic N) is 1. The van der Waals surface area contributed by atoms with Crippen molar-refractivity contribution in [2.45, 2.75) is 10.8 Å². The third kappa shape index (κ3) is 4.23. The molecule has 0 aliphatic rings. The second kappa shape index (κ2) is 7.45. The Bertz CT molecular complexity index is 956. The SMILES string of the molecule is O=C(NCc1ccncc1)c1ccccc1NS(=O)(=O)c1cccs1. The molecule has 128 valence electrons. The molecular weight excluding hydrogens is 358 g/mol. The van der Waals surface area contributed by atoms with Gasteiger partial charge in [0.05, 0.1) is 11.3 Å². The molecule has 8 heteroatoms. The number of carbonyl (C=O) groups is 1. The highest BCUT2D eigenvalue weighted by molar-refractivity contribution is 7.94. The van der Waals surface area contributed by atoms with Crippen LogP contribution >= 0.6 is 11.3 Å². The van der Waals surface area contributed by atoms with Gasteiger partial charge in [0.25, 0.3) is 15.9 Å². The van der Waals surface area contributed by atoms with Gasteiger partial charge < -0.3 is 5.32 Å². The second-order valence-corrected chi connectivity index (χ2v) is 7.98. The van der Waals surface area contributed by atoms with E-state index < -0.39 is 10.0 Å². The fraction of sp³-hybridized carbons (Fsp3) is 0.0588. The van der Waals surface area contributed by atoms with Crippen molar-refractivity contribution in [3.63, 3.8) is 0 Å². The Morgan fingerprint density at radius 1 is 1.04 bits per heavy atom. The lowest BCUT2D eigenvalue weighted by Crippen LogP contribution is -2.24. The van der Waals surface area contributed by atoms with E-state index in [2.05, 4.69) is 15.0 Å². The van der Waals surface area contributed by atoms with E-state index in [0.717, 1.165) is 16.9 Å². The lowest BCUT2D eigenvalue weighted by Gasteiger charge is -2.12. The normalized spacial score (nSPS) is 11.0. The number of anilines is 1. The lowest BCUT2D eigenvalue weighted by molar-refractivity contribution is 0.0952. The van der Waals surface area contributed by atoms with Gasteiger partial charge >= 0.3 is 0 Å². The average molecular weight is 373 g/mol. The van der Waals surface area contributed by atoms with Crippen LogP contribution in [0.2, 0.25) is 0 Å². The standard InChI is InChI=1S/C17H15N3O3S2/c21-17(19-12-13-7-9-18-10-8-13)14-4-1-2-5-15(14)20-25(22,23)16-6-3-11-24-16/h1-11,20H,12H2,(H,19,21). The Balaban J connectivity index is 1.78. The van der Waals surface area contributed by atoms with Gasteiger partial charge in [-0.15, -0.1) is 11.3 Å². The summed E-state index contributed by atoms with van der Waals surface area (Å²) < 4.78 is 27.4. The zero-order chi connectivity index (χ0) is 17.7. The van der Waals surface area contributed by atoms with Crippen LogP contribution in [0.25, 0.3) is 0 Å². The monoisotopic (exact) mass is 373 g/mol. The minimum Gasteiger partial charge on any atom is -0.348 e. The van der Waals surface area contributed by atoms with Gasteiger partial charge in [-0.05, 0) is 41.3 Å². The van der Waals surface area contributed by atoms with E-state index in [0.29, 0.717) is 6.54 Å². The molecule has 0 radical (unpaired) electrons. The van der Waals surface area contributed by atoms with Crippen molar-refractivity contribution >= 4 is 33.0 Å². The number of amides is 1. The van der Waals surface area contributed by atoms with Crippen LogP contribution in [-0.4, -0.2) is 19.3 Å². The molecule has 0 fully saturated rings. The Kier molecular flexibility index (Phi) is 5.11. The summed E-state index contributed by atoms with van der Waals surface area (Å²) in [6, 6.07) is 13.3. The molecule has 0 unspecified atom stereocenters. The highest BCUT2D eigenvalue weighted by atomic mass is 32.2. The summed E-state index contributed by atoms with van der Waals surface area (Å²) in [5.41, 5.74) is 1.40. The molecule has 0 saturated heterocycles. The first-order valence-electron chi connectivity index (χ1n) is 7.39. The fourth-order valence-electron chi connectivity index (χ4n) is 2.16. The second-order valence-electron chi connectivity index (χ2n) is 5.12. The Morgan fingerprint density at radius 2 is 1.80 bits per heavy atom. The van der Waals surface area contributed by atoms with Crippen LogP contribution in [0.15, 0.2) is 70.5 Å². The van der Waals surface area contributed by atoms with Crippen molar-refractivity contribution < 1.29 is 13.2 Å². The summed E-state index contributed by atoms with van der Waals surface area (Å²) in [7, 11) is -3.71. The van der Waals surface area contributed by atoms with E-state index in [4.69, 9.17) is 0 Å². The summed E-state index contributed by atoms with van der Waals surface area (Å²) in [4.78, 5) is 16.4. The number of thiophene rings is 1. The van der Waals surface area contributed by atoms with Crippen molar-refractivity contribution in [3.05, 3.63) is 77.4 Å². The van der Waals surface area contributed by atoms with Gasteiger partial charge in [-0.2, -0.15) is 0 Å². The van der Waals surface area contributed by atoms with Crippen molar-refractivity contribution in [2.75, 3.05) is 4.72 Å². The van der Waals surface area contributed by atoms with Crippen LogP contribution in [0.5, 0.6) is 0 Å². The molecule has 0 atom stereocenters. The molecule has 2 heterocycles. The molecule has 25 heavy (non-hydrogen) atoms. The van der Waals surface area contributed by atoms with Gasteiger partial charge in [0.15, 0.2) is 0 Å². The molecule has 0 aliphatic carbocycles. The quantitative estimate of drug-likeness (QED) is 0.695. The first-order chi connectivity index (χ1) is 12.1. The van der Waals surface area contributed by atoms with Crippen molar-refractivity contribution in [1.82, 2.24) is 10.3 Å². The zero-order valence-electron chi connectivity index (χ0n) is 13.0. The first kappa shape index (κ1) is 17.1. The molecule has 1 aromatic carbocycles. The number of hydrogen-bond donors (Lipinski definition) is 2. The molecule has 3 rings (SSSR count). The van der Waals surface area contributed by atoms with Gasteiger partial charge in [0.1, 0.15) is 4.21 Å². The van der Waals surface area contributed by atoms with Crippen LogP contribution < -0.4 is 10.0 Å². The van der Waals surface area contributed by atoms with Gasteiger partial charge in [-0.25, -0.2) is 8.42 Å². The Hall–Kier alpha value is -2.71. The predicted molar refractivity (Wildman–Crippen MR) is 97.0 cm³/mol. The van der Waals surface area contributed by atoms with Gasteiger partial charge in [0, 0.05) is 18.9 Å². The molecule has 6 nitrogen and oxygen atoms in total. The number of carbonyl (C=O) groups excluding carboxylic acids is 1. The average Bonchev–Trinajstić information content (AvgIpc) is 3.16. The zero-order valence-corrected chi connectivity index (χ0v) is 14.7. The maximum atomic E-state index is 12.5. The third-order valence-electron chi connectivity index (χ3n) is 3.38. The molecule has 0 aliphatic heterocycles. The summed E-state index contributed by atoms with van der Waals surface area (Å²) in [6.45, 7) is 0.327. The Morgan fingerprint density at radius 3 is 2.52 bits per heavy atom. The number of nitrogens with one attached hydrogen (secondary N) is 2. The molecule has 1 amide bonds. The van der Waals surface area contributed by atoms with Gasteiger partial charge in [0.2, 0.25) is 0 Å². The molecule has 0 spiro atoms. The van der Waals surface area contributed by atoms with Crippen molar-refractivity contribution in [1.29, 1.82) is 0 Å². The smallest absolute Gasteiger partial charge is 0.271 e. The number of aromatic nitrogens is 1. The van der Waals surface area contributed by atoms with Crippen molar-refractivity contribution in [2.24, 2.45) is 0 Å². The predicted octanol–water partition coefficient (Wildman–Crippen LogP) is 2.87. The van der Waals surface area contributed by atoms with Gasteiger partial charge in [-0.1, -0.05) is 18.2 Å². The number of hydrogen-bond acceptors (Lipinski definition) is 5. The number of sulfonamides is 1. The molecule has 0 bridgehead atoms. The van der Waals surface area contributed by atoms with E-state index in [-0.39, 0.29) is 21.4 Å². The summed E-state index contributed by atoms with van der Waals surface area (Å²) in [5.74, 6) is -0.360. The van der Waals surface area contributed by atoms with Crippen LogP contribution in [0.1, 0.15) is 15.9 Å². The molecular formula is C17H15N3O3S2. The van der Waals surface area contributed by atoms with Crippen LogP contribution in [-0.2, 0) is 16.6 Å². The van der Waals surface area contributed by atoms with Crippen LogP contribution in [0, 0.1) is 0 Å². The number of para-hydroxylation sites is 1. The molecule has 2 N–H and O–H groups in total. The molecule has 0 saturated carbocycles. The number of benzene rings is 1. The van der Waals surface area contributed by atoms with Crippen LogP contribution in [0.3, 0.4) is 0 Å². The topological polar surface area (TPSA) is 88.2 Å². The summed E-state index contributed by atoms with van der Waals surface area (Å²) in [6.07, 6.45) is 3.29. The maximum absolute atomic E-state index is 12.5. The third-order valence-corrected chi connectivity index (χ3v) is 6.14. The highest BCUT2D eigenvalue weighted by Crippen LogP contribution is 2.22. The maximum Gasteiger partial charge on any atom is 0.271 e. The minimum atomic E-state index is -3.71. The van der Waals surface area contributed by atoms with Gasteiger partial charge in [-0.3, -0.25) is 14.5 Å². The van der Waals surface area contributed by atoms with E-state index in [1.807, 2.05) is 0 Å².